The zero-order chi connectivity index (χ0) is 14.9. The van der Waals surface area contributed by atoms with Gasteiger partial charge in [0.05, 0.1) is 12.5 Å². The minimum atomic E-state index is 0.0678. The topological polar surface area (TPSA) is 58.6 Å². The second kappa shape index (κ2) is 5.81. The van der Waals surface area contributed by atoms with Crippen molar-refractivity contribution in [3.63, 3.8) is 0 Å². The quantitative estimate of drug-likeness (QED) is 0.837. The first-order valence-electron chi connectivity index (χ1n) is 7.64. The number of rotatable bonds is 2. The molecular weight excluding hydrogens is 300 g/mol. The molecule has 2 aliphatic rings. The number of hydrogen-bond donors (Lipinski definition) is 0. The molecule has 1 atom stereocenters. The number of ether oxygens (including phenoxy) is 1. The number of carbonyl (C=O) groups is 1. The second-order valence-corrected chi connectivity index (χ2v) is 6.65. The van der Waals surface area contributed by atoms with Crippen molar-refractivity contribution in [2.75, 3.05) is 44.3 Å². The van der Waals surface area contributed by atoms with Gasteiger partial charge in [0.25, 0.3) is 0 Å². The first-order chi connectivity index (χ1) is 10.8. The highest BCUT2D eigenvalue weighted by atomic mass is 32.1. The van der Waals surface area contributed by atoms with Crippen LogP contribution in [0.4, 0.5) is 5.13 Å². The predicted molar refractivity (Wildman–Crippen MR) is 85.1 cm³/mol. The molecule has 22 heavy (non-hydrogen) atoms. The Balaban J connectivity index is 1.41. The van der Waals surface area contributed by atoms with Crippen molar-refractivity contribution in [3.05, 3.63) is 18.3 Å². The molecule has 1 amide bonds. The number of anilines is 1. The lowest BCUT2D eigenvalue weighted by molar-refractivity contribution is -0.135. The molecule has 2 aromatic heterocycles. The maximum Gasteiger partial charge on any atom is 0.228 e. The van der Waals surface area contributed by atoms with Gasteiger partial charge < -0.3 is 14.5 Å². The van der Waals surface area contributed by atoms with Gasteiger partial charge in [-0.05, 0) is 18.6 Å². The van der Waals surface area contributed by atoms with Crippen molar-refractivity contribution in [3.8, 4) is 0 Å². The normalized spacial score (nSPS) is 22.5. The first-order valence-corrected chi connectivity index (χ1v) is 8.46. The molecule has 4 rings (SSSR count). The van der Waals surface area contributed by atoms with Gasteiger partial charge in [-0.25, -0.2) is 9.97 Å². The molecule has 6 nitrogen and oxygen atoms in total. The van der Waals surface area contributed by atoms with Gasteiger partial charge in [0.1, 0.15) is 10.3 Å². The van der Waals surface area contributed by atoms with Crippen LogP contribution in [0.5, 0.6) is 0 Å². The minimum absolute atomic E-state index is 0.0678. The third kappa shape index (κ3) is 2.55. The summed E-state index contributed by atoms with van der Waals surface area (Å²) >= 11 is 1.62. The van der Waals surface area contributed by atoms with E-state index >= 15 is 0 Å². The summed E-state index contributed by atoms with van der Waals surface area (Å²) in [7, 11) is 0. The van der Waals surface area contributed by atoms with Gasteiger partial charge in [-0.15, -0.1) is 0 Å². The molecular formula is C15H18N4O2S. The van der Waals surface area contributed by atoms with Crippen molar-refractivity contribution >= 4 is 32.7 Å². The van der Waals surface area contributed by atoms with Crippen LogP contribution in [0.15, 0.2) is 18.3 Å². The summed E-state index contributed by atoms with van der Waals surface area (Å²) in [5, 5.41) is 1.00. The fourth-order valence-electron chi connectivity index (χ4n) is 3.00. The predicted octanol–water partition coefficient (Wildman–Crippen LogP) is 1.38. The molecule has 2 aliphatic heterocycles. The molecule has 2 saturated heterocycles. The van der Waals surface area contributed by atoms with Gasteiger partial charge in [0.15, 0.2) is 5.13 Å². The molecule has 2 fully saturated rings. The summed E-state index contributed by atoms with van der Waals surface area (Å²) in [4.78, 5) is 26.6. The smallest absolute Gasteiger partial charge is 0.228 e. The summed E-state index contributed by atoms with van der Waals surface area (Å²) < 4.78 is 5.32. The lowest BCUT2D eigenvalue weighted by Crippen LogP contribution is -2.50. The Morgan fingerprint density at radius 2 is 2.18 bits per heavy atom. The molecule has 0 saturated carbocycles. The van der Waals surface area contributed by atoms with Crippen LogP contribution < -0.4 is 4.90 Å². The molecule has 116 valence electrons. The number of nitrogens with zero attached hydrogens (tertiary/aromatic N) is 4. The summed E-state index contributed by atoms with van der Waals surface area (Å²) in [6.45, 7) is 4.49. The SMILES string of the molecule is O=C([C@@H]1CCOC1)N1CCN(c2nc3cccnc3s2)CC1. The third-order valence-corrected chi connectivity index (χ3v) is 5.34. The highest BCUT2D eigenvalue weighted by molar-refractivity contribution is 7.21. The average molecular weight is 318 g/mol. The fraction of sp³-hybridized carbons (Fsp3) is 0.533. The van der Waals surface area contributed by atoms with Crippen LogP contribution in [0.3, 0.4) is 0 Å². The van der Waals surface area contributed by atoms with Gasteiger partial charge in [-0.1, -0.05) is 11.3 Å². The van der Waals surface area contributed by atoms with Gasteiger partial charge in [-0.3, -0.25) is 4.79 Å². The van der Waals surface area contributed by atoms with Crippen molar-refractivity contribution < 1.29 is 9.53 Å². The van der Waals surface area contributed by atoms with Crippen LogP contribution in [-0.4, -0.2) is 60.2 Å². The largest absolute Gasteiger partial charge is 0.381 e. The third-order valence-electron chi connectivity index (χ3n) is 4.30. The highest BCUT2D eigenvalue weighted by Crippen LogP contribution is 2.28. The number of thiazole rings is 1. The number of amides is 1. The Labute approximate surface area is 132 Å². The summed E-state index contributed by atoms with van der Waals surface area (Å²) in [6.07, 6.45) is 2.66. The molecule has 4 heterocycles. The molecule has 7 heteroatoms. The number of fused-ring (bicyclic) bond motifs is 1. The summed E-state index contributed by atoms with van der Waals surface area (Å²) in [5.41, 5.74) is 0.948. The molecule has 0 radical (unpaired) electrons. The Bertz CT molecular complexity index is 642. The van der Waals surface area contributed by atoms with E-state index in [0.29, 0.717) is 6.61 Å². The molecule has 0 spiro atoms. The van der Waals surface area contributed by atoms with E-state index in [-0.39, 0.29) is 11.8 Å². The number of carbonyl (C=O) groups excluding carboxylic acids is 1. The molecule has 0 bridgehead atoms. The van der Waals surface area contributed by atoms with Gasteiger partial charge in [0, 0.05) is 39.0 Å². The number of pyridine rings is 1. The van der Waals surface area contributed by atoms with Crippen LogP contribution in [0, 0.1) is 5.92 Å². The van der Waals surface area contributed by atoms with E-state index in [9.17, 15) is 4.79 Å². The Kier molecular flexibility index (Phi) is 3.67. The number of piperazine rings is 1. The van der Waals surface area contributed by atoms with Crippen LogP contribution in [0.1, 0.15) is 6.42 Å². The minimum Gasteiger partial charge on any atom is -0.381 e. The van der Waals surface area contributed by atoms with Crippen LogP contribution in [0.25, 0.3) is 10.3 Å². The molecule has 2 aromatic rings. The second-order valence-electron chi connectivity index (χ2n) is 5.70. The van der Waals surface area contributed by atoms with Crippen molar-refractivity contribution in [1.29, 1.82) is 0 Å². The Morgan fingerprint density at radius 1 is 1.32 bits per heavy atom. The lowest BCUT2D eigenvalue weighted by atomic mass is 10.1. The molecule has 0 N–H and O–H groups in total. The number of hydrogen-bond acceptors (Lipinski definition) is 6. The molecule has 0 unspecified atom stereocenters. The van der Waals surface area contributed by atoms with Crippen molar-refractivity contribution in [2.24, 2.45) is 5.92 Å². The zero-order valence-corrected chi connectivity index (χ0v) is 13.1. The van der Waals surface area contributed by atoms with E-state index in [0.717, 1.165) is 54.7 Å². The van der Waals surface area contributed by atoms with Gasteiger partial charge in [-0.2, -0.15) is 0 Å². The van der Waals surface area contributed by atoms with Gasteiger partial charge in [0.2, 0.25) is 5.91 Å². The van der Waals surface area contributed by atoms with Crippen molar-refractivity contribution in [1.82, 2.24) is 14.9 Å². The number of aromatic nitrogens is 2. The van der Waals surface area contributed by atoms with Crippen LogP contribution >= 0.6 is 11.3 Å². The lowest BCUT2D eigenvalue weighted by Gasteiger charge is -2.35. The average Bonchev–Trinajstić information content (AvgIpc) is 3.23. The summed E-state index contributed by atoms with van der Waals surface area (Å²) in [5.74, 6) is 0.321. The van der Waals surface area contributed by atoms with E-state index in [1.165, 1.54) is 0 Å². The van der Waals surface area contributed by atoms with E-state index in [2.05, 4.69) is 14.9 Å². The maximum absolute atomic E-state index is 12.4. The van der Waals surface area contributed by atoms with E-state index in [1.54, 1.807) is 17.5 Å². The van der Waals surface area contributed by atoms with Gasteiger partial charge >= 0.3 is 0 Å². The Hall–Kier alpha value is -1.73. The maximum atomic E-state index is 12.4. The Morgan fingerprint density at radius 3 is 2.91 bits per heavy atom. The van der Waals surface area contributed by atoms with Crippen LogP contribution in [-0.2, 0) is 9.53 Å². The van der Waals surface area contributed by atoms with E-state index in [1.807, 2.05) is 17.0 Å². The monoisotopic (exact) mass is 318 g/mol. The molecule has 0 aromatic carbocycles. The van der Waals surface area contributed by atoms with Crippen LogP contribution in [0.2, 0.25) is 0 Å². The van der Waals surface area contributed by atoms with Crippen molar-refractivity contribution in [2.45, 2.75) is 6.42 Å². The standard InChI is InChI=1S/C15H18N4O2S/c20-14(11-3-9-21-10-11)18-5-7-19(8-6-18)15-17-12-2-1-4-16-13(12)22-15/h1-2,4,11H,3,5-10H2/t11-/m1/s1. The van der Waals surface area contributed by atoms with E-state index in [4.69, 9.17) is 4.74 Å². The zero-order valence-electron chi connectivity index (χ0n) is 12.3. The van der Waals surface area contributed by atoms with E-state index < -0.39 is 0 Å². The highest BCUT2D eigenvalue weighted by Gasteiger charge is 2.30. The fourth-order valence-corrected chi connectivity index (χ4v) is 3.96. The first kappa shape index (κ1) is 13.9. The summed E-state index contributed by atoms with van der Waals surface area (Å²) in [6, 6.07) is 3.90. The molecule has 0 aliphatic carbocycles.